The average molecular weight is 881 g/mol. The molecule has 326 valence electrons. The highest BCUT2D eigenvalue weighted by Gasteiger charge is 2.19. The molecule has 0 saturated heterocycles. The van der Waals surface area contributed by atoms with Crippen LogP contribution in [0.2, 0.25) is 0 Å². The predicted octanol–water partition coefficient (Wildman–Crippen LogP) is 18.8. The standard InChI is InChI=1S/C67H48N2/c1-45-13-8-20-56(41-45)69-66-28-7-6-24-64(66)65-44-51(34-40-67(65)69)47-31-37-55(38-32-47)68(57-21-10-19-53(43-57)61-26-12-27-62-59-23-5-3-15-49(59)33-39-63(61)62)54-35-29-46(30-36-54)50-17-9-18-52(42-50)60-25-11-16-48-14-2-4-22-58(48)60/h2-40,42-45H,41H2,1H3. The highest BCUT2D eigenvalue weighted by molar-refractivity contribution is 6.13. The van der Waals surface area contributed by atoms with Crippen LogP contribution in [0.15, 0.2) is 255 Å². The maximum atomic E-state index is 2.47. The Morgan fingerprint density at radius 2 is 0.913 bits per heavy atom. The number of anilines is 3. The van der Waals surface area contributed by atoms with Gasteiger partial charge in [-0.1, -0.05) is 195 Å². The monoisotopic (exact) mass is 880 g/mol. The van der Waals surface area contributed by atoms with Crippen LogP contribution >= 0.6 is 0 Å². The molecule has 1 unspecified atom stereocenters. The van der Waals surface area contributed by atoms with E-state index in [1.54, 1.807) is 0 Å². The van der Waals surface area contributed by atoms with Gasteiger partial charge in [-0.05, 0) is 156 Å². The zero-order chi connectivity index (χ0) is 45.8. The van der Waals surface area contributed by atoms with Gasteiger partial charge in [0.05, 0.1) is 11.0 Å². The van der Waals surface area contributed by atoms with Crippen molar-refractivity contribution in [3.05, 3.63) is 255 Å². The molecule has 13 rings (SSSR count). The quantitative estimate of drug-likeness (QED) is 0.138. The molecule has 0 spiro atoms. The van der Waals surface area contributed by atoms with E-state index in [-0.39, 0.29) is 0 Å². The molecule has 1 atom stereocenters. The molecule has 1 aliphatic carbocycles. The van der Waals surface area contributed by atoms with Crippen molar-refractivity contribution in [2.75, 3.05) is 4.90 Å². The highest BCUT2D eigenvalue weighted by Crippen LogP contribution is 2.42. The Balaban J connectivity index is 0.899. The van der Waals surface area contributed by atoms with E-state index in [1.165, 1.54) is 104 Å². The van der Waals surface area contributed by atoms with Gasteiger partial charge in [-0.2, -0.15) is 0 Å². The summed E-state index contributed by atoms with van der Waals surface area (Å²) in [7, 11) is 0. The Labute approximate surface area is 403 Å². The number of benzene rings is 11. The van der Waals surface area contributed by atoms with Gasteiger partial charge in [0.1, 0.15) is 0 Å². The van der Waals surface area contributed by atoms with E-state index in [2.05, 4.69) is 271 Å². The second-order valence-electron chi connectivity index (χ2n) is 18.6. The maximum Gasteiger partial charge on any atom is 0.0538 e. The van der Waals surface area contributed by atoms with E-state index in [1.807, 2.05) is 0 Å². The summed E-state index contributed by atoms with van der Waals surface area (Å²) in [5.41, 5.74) is 16.7. The summed E-state index contributed by atoms with van der Waals surface area (Å²) in [6.45, 7) is 2.30. The van der Waals surface area contributed by atoms with Crippen molar-refractivity contribution in [1.82, 2.24) is 4.57 Å². The lowest BCUT2D eigenvalue weighted by atomic mass is 9.94. The summed E-state index contributed by atoms with van der Waals surface area (Å²) < 4.78 is 2.47. The van der Waals surface area contributed by atoms with Crippen LogP contribution in [0.3, 0.4) is 0 Å². The fourth-order valence-electron chi connectivity index (χ4n) is 11.0. The first-order valence-electron chi connectivity index (χ1n) is 24.1. The number of nitrogens with zero attached hydrogens (tertiary/aromatic N) is 2. The highest BCUT2D eigenvalue weighted by atomic mass is 15.1. The van der Waals surface area contributed by atoms with Crippen molar-refractivity contribution in [2.24, 2.45) is 5.92 Å². The van der Waals surface area contributed by atoms with Crippen LogP contribution in [-0.2, 0) is 0 Å². The van der Waals surface area contributed by atoms with Gasteiger partial charge in [0.25, 0.3) is 0 Å². The van der Waals surface area contributed by atoms with Crippen molar-refractivity contribution in [3.63, 3.8) is 0 Å². The largest absolute Gasteiger partial charge is 0.313 e. The molecule has 0 bridgehead atoms. The Morgan fingerprint density at radius 1 is 0.362 bits per heavy atom. The average Bonchev–Trinajstić information content (AvgIpc) is 3.75. The lowest BCUT2D eigenvalue weighted by Crippen LogP contribution is -2.10. The normalized spacial score (nSPS) is 13.7. The summed E-state index contributed by atoms with van der Waals surface area (Å²) in [6.07, 6.45) is 7.81. The fraction of sp³-hybridized carbons (Fsp3) is 0.0448. The van der Waals surface area contributed by atoms with Gasteiger partial charge in [-0.3, -0.25) is 0 Å². The molecule has 0 fully saturated rings. The van der Waals surface area contributed by atoms with Crippen LogP contribution in [0.4, 0.5) is 17.1 Å². The molecule has 11 aromatic carbocycles. The van der Waals surface area contributed by atoms with E-state index < -0.39 is 0 Å². The molecule has 1 aromatic heterocycles. The Bertz CT molecular complexity index is 3990. The summed E-state index contributed by atoms with van der Waals surface area (Å²) in [4.78, 5) is 2.40. The van der Waals surface area contributed by atoms with Crippen LogP contribution in [0.1, 0.15) is 13.3 Å². The molecule has 0 N–H and O–H groups in total. The molecule has 12 aromatic rings. The van der Waals surface area contributed by atoms with Gasteiger partial charge >= 0.3 is 0 Å². The molecule has 0 saturated carbocycles. The lowest BCUT2D eigenvalue weighted by molar-refractivity contribution is 0.730. The van der Waals surface area contributed by atoms with Crippen molar-refractivity contribution < 1.29 is 0 Å². The lowest BCUT2D eigenvalue weighted by Gasteiger charge is -2.26. The zero-order valence-electron chi connectivity index (χ0n) is 38.4. The van der Waals surface area contributed by atoms with E-state index in [9.17, 15) is 0 Å². The second kappa shape index (κ2) is 16.9. The van der Waals surface area contributed by atoms with Crippen LogP contribution in [0.25, 0.3) is 104 Å². The van der Waals surface area contributed by atoms with Gasteiger partial charge in [-0.25, -0.2) is 0 Å². The van der Waals surface area contributed by atoms with Gasteiger partial charge in [0, 0.05) is 33.5 Å². The van der Waals surface area contributed by atoms with Crippen molar-refractivity contribution >= 4 is 76.9 Å². The maximum absolute atomic E-state index is 2.47. The molecule has 0 amide bonds. The fourth-order valence-corrected chi connectivity index (χ4v) is 11.0. The SMILES string of the molecule is CC1C=CC=C(n2c3ccccc3c3cc(-c4ccc(N(c5ccc(-c6cccc(-c7cccc8ccccc78)c6)cc5)c5cccc(-c6cccc7c6ccc6ccccc67)c5)cc4)ccc32)C1. The summed E-state index contributed by atoms with van der Waals surface area (Å²) in [5.74, 6) is 0.511. The third-order valence-corrected chi connectivity index (χ3v) is 14.3. The minimum Gasteiger partial charge on any atom is -0.313 e. The molecule has 69 heavy (non-hydrogen) atoms. The minimum absolute atomic E-state index is 0.511. The molecule has 1 aliphatic rings. The number of aromatic nitrogens is 1. The van der Waals surface area contributed by atoms with Crippen LogP contribution < -0.4 is 4.90 Å². The van der Waals surface area contributed by atoms with E-state index in [0.29, 0.717) is 5.92 Å². The third kappa shape index (κ3) is 7.21. The van der Waals surface area contributed by atoms with E-state index >= 15 is 0 Å². The van der Waals surface area contributed by atoms with Crippen molar-refractivity contribution in [3.8, 4) is 44.5 Å². The molecule has 2 heteroatoms. The van der Waals surface area contributed by atoms with Crippen LogP contribution in [0, 0.1) is 5.92 Å². The third-order valence-electron chi connectivity index (χ3n) is 14.3. The Kier molecular flexibility index (Phi) is 9.91. The smallest absolute Gasteiger partial charge is 0.0538 e. The number of fused-ring (bicyclic) bond motifs is 7. The minimum atomic E-state index is 0.511. The summed E-state index contributed by atoms with van der Waals surface area (Å²) in [6, 6.07) is 87.1. The predicted molar refractivity (Wildman–Crippen MR) is 296 cm³/mol. The van der Waals surface area contributed by atoms with Gasteiger partial charge < -0.3 is 9.47 Å². The van der Waals surface area contributed by atoms with Crippen LogP contribution in [0.5, 0.6) is 0 Å². The van der Waals surface area contributed by atoms with E-state index in [4.69, 9.17) is 0 Å². The molecule has 0 radical (unpaired) electrons. The van der Waals surface area contributed by atoms with Crippen molar-refractivity contribution in [2.45, 2.75) is 13.3 Å². The Morgan fingerprint density at radius 3 is 1.68 bits per heavy atom. The topological polar surface area (TPSA) is 8.17 Å². The molecular weight excluding hydrogens is 833 g/mol. The van der Waals surface area contributed by atoms with Gasteiger partial charge in [0.2, 0.25) is 0 Å². The molecule has 1 heterocycles. The number of allylic oxidation sites excluding steroid dienone is 4. The number of rotatable bonds is 8. The number of hydrogen-bond donors (Lipinski definition) is 0. The van der Waals surface area contributed by atoms with Gasteiger partial charge in [-0.15, -0.1) is 0 Å². The molecular formula is C67H48N2. The van der Waals surface area contributed by atoms with Crippen LogP contribution in [-0.4, -0.2) is 4.57 Å². The Hall–Kier alpha value is -8.72. The molecule has 0 aliphatic heterocycles. The number of para-hydroxylation sites is 1. The van der Waals surface area contributed by atoms with E-state index in [0.717, 1.165) is 23.5 Å². The van der Waals surface area contributed by atoms with Gasteiger partial charge in [0.15, 0.2) is 0 Å². The first kappa shape index (κ1) is 40.5. The zero-order valence-corrected chi connectivity index (χ0v) is 38.4. The van der Waals surface area contributed by atoms with Crippen molar-refractivity contribution in [1.29, 1.82) is 0 Å². The summed E-state index contributed by atoms with van der Waals surface area (Å²) >= 11 is 0. The second-order valence-corrected chi connectivity index (χ2v) is 18.6. The first-order valence-corrected chi connectivity index (χ1v) is 24.1. The summed E-state index contributed by atoms with van der Waals surface area (Å²) in [5, 5.41) is 10.1. The molecule has 2 nitrogen and oxygen atoms in total. The number of hydrogen-bond acceptors (Lipinski definition) is 1. The first-order chi connectivity index (χ1) is 34.1.